The molecule has 0 bridgehead atoms. The lowest BCUT2D eigenvalue weighted by Gasteiger charge is -2.53. The Morgan fingerprint density at radius 2 is 1.38 bits per heavy atom. The van der Waals surface area contributed by atoms with E-state index in [-0.39, 0.29) is 28.6 Å². The van der Waals surface area contributed by atoms with Crippen molar-refractivity contribution in [3.05, 3.63) is 143 Å². The van der Waals surface area contributed by atoms with Crippen LogP contribution in [0.1, 0.15) is 95.9 Å². The second-order valence-corrected chi connectivity index (χ2v) is 14.6. The van der Waals surface area contributed by atoms with Gasteiger partial charge in [0.2, 0.25) is 0 Å². The van der Waals surface area contributed by atoms with Crippen LogP contribution in [-0.2, 0) is 0 Å². The summed E-state index contributed by atoms with van der Waals surface area (Å²) >= 11 is 6.45. The largest absolute Gasteiger partial charge is 0.497 e. The minimum atomic E-state index is -0.254. The van der Waals surface area contributed by atoms with E-state index in [1.165, 1.54) is 11.1 Å². The fourth-order valence-corrected chi connectivity index (χ4v) is 7.28. The molecular weight excluding hydrogens is 682 g/mol. The van der Waals surface area contributed by atoms with Crippen LogP contribution in [0.5, 0.6) is 11.5 Å². The van der Waals surface area contributed by atoms with Crippen LogP contribution >= 0.6 is 11.6 Å². The molecule has 0 aliphatic carbocycles. The fraction of sp³-hybridized carbons (Fsp3) is 0.378. The van der Waals surface area contributed by atoms with Crippen molar-refractivity contribution in [2.45, 2.75) is 64.5 Å². The van der Waals surface area contributed by atoms with E-state index in [1.54, 1.807) is 33.3 Å². The molecule has 1 amide bonds. The second kappa shape index (κ2) is 19.1. The number of hydrogen-bond donors (Lipinski definition) is 0. The lowest BCUT2D eigenvalue weighted by atomic mass is 9.87. The first-order valence-corrected chi connectivity index (χ1v) is 18.8. The summed E-state index contributed by atoms with van der Waals surface area (Å²) in [5, 5.41) is -0.254. The van der Waals surface area contributed by atoms with Gasteiger partial charge in [0.1, 0.15) is 11.5 Å². The van der Waals surface area contributed by atoms with Gasteiger partial charge in [-0.1, -0.05) is 66.7 Å². The SMILES string of the molecule is C=CCN1CC(C)(C)N(C(c2ccc(C(=O)N(CC)CC)cc2)c2cccc(OC)c2)CC1C.COc1cccc(C(Cl)c2ccc(C(C)=O)cc2)c1. The number of Topliss-reactive ketones (excluding diaryl/α,β-unsaturated/α-hetero) is 1. The number of carbonyl (C=O) groups excluding carboxylic acids is 2. The summed E-state index contributed by atoms with van der Waals surface area (Å²) in [6.45, 7) is 20.7. The average Bonchev–Trinajstić information content (AvgIpc) is 3.17. The monoisotopic (exact) mass is 737 g/mol. The Morgan fingerprint density at radius 3 is 1.91 bits per heavy atom. The zero-order valence-corrected chi connectivity index (χ0v) is 33.4. The third kappa shape index (κ3) is 10.4. The molecule has 0 radical (unpaired) electrons. The van der Waals surface area contributed by atoms with Gasteiger partial charge in [0.15, 0.2) is 5.78 Å². The van der Waals surface area contributed by atoms with Crippen molar-refractivity contribution in [3.8, 4) is 11.5 Å². The smallest absolute Gasteiger partial charge is 0.253 e. The first kappa shape index (κ1) is 41.3. The number of hydrogen-bond acceptors (Lipinski definition) is 6. The maximum atomic E-state index is 12.9. The Balaban J connectivity index is 0.000000278. The van der Waals surface area contributed by atoms with Gasteiger partial charge in [-0.25, -0.2) is 0 Å². The number of rotatable bonds is 13. The molecule has 1 saturated heterocycles. The van der Waals surface area contributed by atoms with Crippen molar-refractivity contribution in [2.24, 2.45) is 0 Å². The van der Waals surface area contributed by atoms with Gasteiger partial charge in [-0.2, -0.15) is 0 Å². The van der Waals surface area contributed by atoms with Crippen LogP contribution in [0.25, 0.3) is 0 Å². The molecule has 53 heavy (non-hydrogen) atoms. The minimum Gasteiger partial charge on any atom is -0.497 e. The van der Waals surface area contributed by atoms with Crippen LogP contribution in [-0.4, -0.2) is 84.9 Å². The summed E-state index contributed by atoms with van der Waals surface area (Å²) in [5.41, 5.74) is 5.68. The van der Waals surface area contributed by atoms with Gasteiger partial charge in [-0.3, -0.25) is 19.4 Å². The molecule has 3 atom stereocenters. The number of ketones is 1. The van der Waals surface area contributed by atoms with Gasteiger partial charge in [0, 0.05) is 55.4 Å². The molecule has 1 heterocycles. The second-order valence-electron chi connectivity index (χ2n) is 14.1. The molecule has 0 N–H and O–H groups in total. The maximum absolute atomic E-state index is 12.9. The number of piperazine rings is 1. The lowest BCUT2D eigenvalue weighted by Crippen LogP contribution is -2.63. The van der Waals surface area contributed by atoms with E-state index in [0.717, 1.165) is 47.8 Å². The molecule has 1 aliphatic heterocycles. The third-order valence-electron chi connectivity index (χ3n) is 10.1. The lowest BCUT2D eigenvalue weighted by molar-refractivity contribution is -0.0254. The van der Waals surface area contributed by atoms with E-state index in [1.807, 2.05) is 79.4 Å². The Morgan fingerprint density at radius 1 is 0.849 bits per heavy atom. The first-order valence-electron chi connectivity index (χ1n) is 18.4. The number of amides is 1. The molecule has 4 aromatic carbocycles. The maximum Gasteiger partial charge on any atom is 0.253 e. The summed E-state index contributed by atoms with van der Waals surface area (Å²) in [6.07, 6.45) is 1.99. The van der Waals surface area contributed by atoms with Crippen LogP contribution in [0.4, 0.5) is 0 Å². The standard InChI is InChI=1S/C29H41N3O2.C16H15ClO2/c1-8-18-31-21-29(5,6)32(20-22(31)4)27(25-12-11-13-26(19-25)34-7)23-14-16-24(17-15-23)28(33)30(9-2)10-3;1-11(18)12-6-8-13(9-7-12)16(17)14-4-3-5-15(10-14)19-2/h8,11-17,19,22,27H,1,9-10,18,20-21H2,2-7H3;3-10,16H,1-2H3. The Kier molecular flexibility index (Phi) is 14.9. The molecule has 1 aliphatic rings. The van der Waals surface area contributed by atoms with Gasteiger partial charge >= 0.3 is 0 Å². The fourth-order valence-electron chi connectivity index (χ4n) is 7.00. The Labute approximate surface area is 322 Å². The number of benzene rings is 4. The predicted molar refractivity (Wildman–Crippen MR) is 218 cm³/mol. The summed E-state index contributed by atoms with van der Waals surface area (Å²) in [5.74, 6) is 1.77. The normalized spacial score (nSPS) is 16.7. The highest BCUT2D eigenvalue weighted by molar-refractivity contribution is 6.22. The van der Waals surface area contributed by atoms with E-state index >= 15 is 0 Å². The van der Waals surface area contributed by atoms with Crippen molar-refractivity contribution in [2.75, 3.05) is 46.9 Å². The van der Waals surface area contributed by atoms with E-state index < -0.39 is 0 Å². The highest BCUT2D eigenvalue weighted by atomic mass is 35.5. The van der Waals surface area contributed by atoms with Gasteiger partial charge in [0.25, 0.3) is 5.91 Å². The molecule has 8 heteroatoms. The molecule has 1 fully saturated rings. The molecule has 0 spiro atoms. The van der Waals surface area contributed by atoms with Crippen molar-refractivity contribution >= 4 is 23.3 Å². The number of methoxy groups -OCH3 is 2. The number of alkyl halides is 1. The first-order chi connectivity index (χ1) is 25.4. The molecule has 0 aromatic heterocycles. The van der Waals surface area contributed by atoms with Crippen molar-refractivity contribution in [1.82, 2.24) is 14.7 Å². The van der Waals surface area contributed by atoms with E-state index in [0.29, 0.717) is 24.7 Å². The van der Waals surface area contributed by atoms with Gasteiger partial charge in [0.05, 0.1) is 25.6 Å². The number of ether oxygens (including phenoxy) is 2. The van der Waals surface area contributed by atoms with Gasteiger partial charge in [-0.15, -0.1) is 18.2 Å². The number of halogens is 1. The number of carbonyl (C=O) groups is 2. The van der Waals surface area contributed by atoms with Gasteiger partial charge in [-0.05, 0) is 100 Å². The van der Waals surface area contributed by atoms with Crippen LogP contribution in [0.15, 0.2) is 110 Å². The zero-order valence-electron chi connectivity index (χ0n) is 32.6. The zero-order chi connectivity index (χ0) is 38.7. The molecule has 7 nitrogen and oxygen atoms in total. The summed E-state index contributed by atoms with van der Waals surface area (Å²) in [7, 11) is 3.34. The number of nitrogens with zero attached hydrogens (tertiary/aromatic N) is 3. The van der Waals surface area contributed by atoms with E-state index in [9.17, 15) is 9.59 Å². The quantitative estimate of drug-likeness (QED) is 0.0774. The van der Waals surface area contributed by atoms with Crippen molar-refractivity contribution in [1.29, 1.82) is 0 Å². The Hall–Kier alpha value is -4.43. The summed E-state index contributed by atoms with van der Waals surface area (Å²) < 4.78 is 10.8. The third-order valence-corrected chi connectivity index (χ3v) is 10.6. The predicted octanol–water partition coefficient (Wildman–Crippen LogP) is 9.46. The minimum absolute atomic E-state index is 0.0519. The van der Waals surface area contributed by atoms with E-state index in [2.05, 4.69) is 67.5 Å². The van der Waals surface area contributed by atoms with Gasteiger partial charge < -0.3 is 14.4 Å². The van der Waals surface area contributed by atoms with Crippen LogP contribution in [0.2, 0.25) is 0 Å². The molecule has 4 aromatic rings. The van der Waals surface area contributed by atoms with Crippen LogP contribution in [0, 0.1) is 0 Å². The highest BCUT2D eigenvalue weighted by Gasteiger charge is 2.41. The van der Waals surface area contributed by atoms with E-state index in [4.69, 9.17) is 21.1 Å². The van der Waals surface area contributed by atoms with Crippen molar-refractivity contribution in [3.63, 3.8) is 0 Å². The molecular formula is C45H56ClN3O4. The Bertz CT molecular complexity index is 1800. The molecule has 3 unspecified atom stereocenters. The molecule has 5 rings (SSSR count). The summed E-state index contributed by atoms with van der Waals surface area (Å²) in [4.78, 5) is 31.1. The molecule has 0 saturated carbocycles. The van der Waals surface area contributed by atoms with Crippen LogP contribution in [0.3, 0.4) is 0 Å². The highest BCUT2D eigenvalue weighted by Crippen LogP contribution is 2.39. The average molecular weight is 738 g/mol. The van der Waals surface area contributed by atoms with Crippen molar-refractivity contribution < 1.29 is 19.1 Å². The van der Waals surface area contributed by atoms with Crippen LogP contribution < -0.4 is 9.47 Å². The summed E-state index contributed by atoms with van der Waals surface area (Å²) in [6, 6.07) is 32.0. The topological polar surface area (TPSA) is 62.3 Å². The molecule has 282 valence electrons.